The monoisotopic (exact) mass is 208 g/mol. The first-order valence-corrected chi connectivity index (χ1v) is 4.89. The fraction of sp³-hybridized carbons (Fsp3) is 0.400. The number of hydrogen-bond donors (Lipinski definition) is 2. The zero-order valence-electron chi connectivity index (χ0n) is 8.86. The molecule has 1 heterocycles. The van der Waals surface area contributed by atoms with E-state index in [4.69, 9.17) is 0 Å². The molecule has 1 amide bonds. The molecule has 5 heteroatoms. The highest BCUT2D eigenvalue weighted by Gasteiger charge is 1.99. The number of aromatic nitrogens is 2. The quantitative estimate of drug-likeness (QED) is 0.702. The standard InChI is InChI=1S/C10H16N4O/c1-3-12-10(15)7-11-5-9-6-13-14(4-2)8-9/h4,6,8,11H,2-3,5,7H2,1H3,(H,12,15). The van der Waals surface area contributed by atoms with Crippen molar-refractivity contribution < 1.29 is 4.79 Å². The number of carbonyl (C=O) groups is 1. The summed E-state index contributed by atoms with van der Waals surface area (Å²) >= 11 is 0. The second-order valence-electron chi connectivity index (χ2n) is 3.07. The van der Waals surface area contributed by atoms with Gasteiger partial charge in [0.2, 0.25) is 5.91 Å². The van der Waals surface area contributed by atoms with Gasteiger partial charge in [-0.1, -0.05) is 6.58 Å². The Morgan fingerprint density at radius 2 is 2.53 bits per heavy atom. The molecule has 0 saturated heterocycles. The van der Waals surface area contributed by atoms with E-state index in [9.17, 15) is 4.79 Å². The minimum absolute atomic E-state index is 0.00797. The van der Waals surface area contributed by atoms with E-state index >= 15 is 0 Å². The summed E-state index contributed by atoms with van der Waals surface area (Å²) < 4.78 is 1.63. The Morgan fingerprint density at radius 1 is 1.73 bits per heavy atom. The highest BCUT2D eigenvalue weighted by atomic mass is 16.1. The molecule has 82 valence electrons. The Balaban J connectivity index is 2.25. The third-order valence-electron chi connectivity index (χ3n) is 1.83. The van der Waals surface area contributed by atoms with Gasteiger partial charge in [0.05, 0.1) is 12.7 Å². The van der Waals surface area contributed by atoms with Crippen molar-refractivity contribution in [3.05, 3.63) is 24.5 Å². The maximum absolute atomic E-state index is 11.1. The molecule has 1 aromatic heterocycles. The van der Waals surface area contributed by atoms with E-state index < -0.39 is 0 Å². The zero-order valence-corrected chi connectivity index (χ0v) is 8.86. The predicted octanol–water partition coefficient (Wildman–Crippen LogP) is 0.209. The Hall–Kier alpha value is -1.62. The molecule has 0 atom stereocenters. The molecular weight excluding hydrogens is 192 g/mol. The Labute approximate surface area is 89.2 Å². The number of hydrogen-bond acceptors (Lipinski definition) is 3. The second-order valence-corrected chi connectivity index (χ2v) is 3.07. The van der Waals surface area contributed by atoms with Gasteiger partial charge in [-0.05, 0) is 6.92 Å². The van der Waals surface area contributed by atoms with Crippen molar-refractivity contribution in [2.75, 3.05) is 13.1 Å². The average molecular weight is 208 g/mol. The van der Waals surface area contributed by atoms with Gasteiger partial charge in [0, 0.05) is 31.0 Å². The molecule has 2 N–H and O–H groups in total. The number of likely N-dealkylation sites (N-methyl/N-ethyl adjacent to an activating group) is 1. The second kappa shape index (κ2) is 5.98. The van der Waals surface area contributed by atoms with Gasteiger partial charge in [0.15, 0.2) is 0 Å². The van der Waals surface area contributed by atoms with Crippen molar-refractivity contribution in [1.82, 2.24) is 20.4 Å². The summed E-state index contributed by atoms with van der Waals surface area (Å²) in [6, 6.07) is 0. The normalized spacial score (nSPS) is 9.93. The highest BCUT2D eigenvalue weighted by molar-refractivity contribution is 5.77. The van der Waals surface area contributed by atoms with Crippen LogP contribution in [0, 0.1) is 0 Å². The Morgan fingerprint density at radius 3 is 3.13 bits per heavy atom. The van der Waals surface area contributed by atoms with Crippen LogP contribution in [0.1, 0.15) is 12.5 Å². The lowest BCUT2D eigenvalue weighted by Crippen LogP contribution is -2.33. The van der Waals surface area contributed by atoms with Crippen LogP contribution >= 0.6 is 0 Å². The molecule has 0 radical (unpaired) electrons. The van der Waals surface area contributed by atoms with E-state index in [-0.39, 0.29) is 5.91 Å². The first-order chi connectivity index (χ1) is 7.26. The number of rotatable bonds is 6. The molecule has 1 aromatic rings. The first-order valence-electron chi connectivity index (χ1n) is 4.89. The minimum Gasteiger partial charge on any atom is -0.355 e. The van der Waals surface area contributed by atoms with Crippen LogP contribution in [0.5, 0.6) is 0 Å². The lowest BCUT2D eigenvalue weighted by atomic mass is 10.3. The van der Waals surface area contributed by atoms with Crippen molar-refractivity contribution in [3.8, 4) is 0 Å². The van der Waals surface area contributed by atoms with Gasteiger partial charge in [-0.15, -0.1) is 0 Å². The molecule has 1 rings (SSSR count). The summed E-state index contributed by atoms with van der Waals surface area (Å²) in [5.74, 6) is 0.00797. The molecule has 5 nitrogen and oxygen atoms in total. The summed E-state index contributed by atoms with van der Waals surface area (Å²) in [4.78, 5) is 11.1. The van der Waals surface area contributed by atoms with E-state index in [2.05, 4.69) is 22.3 Å². The fourth-order valence-electron chi connectivity index (χ4n) is 1.15. The summed E-state index contributed by atoms with van der Waals surface area (Å²) in [5.41, 5.74) is 1.03. The van der Waals surface area contributed by atoms with Crippen LogP contribution < -0.4 is 10.6 Å². The lowest BCUT2D eigenvalue weighted by molar-refractivity contribution is -0.120. The molecule has 0 spiro atoms. The van der Waals surface area contributed by atoms with E-state index in [1.54, 1.807) is 17.1 Å². The third-order valence-corrected chi connectivity index (χ3v) is 1.83. The molecular formula is C10H16N4O. The van der Waals surface area contributed by atoms with E-state index in [0.29, 0.717) is 19.6 Å². The molecule has 0 fully saturated rings. The van der Waals surface area contributed by atoms with E-state index in [0.717, 1.165) is 5.56 Å². The smallest absolute Gasteiger partial charge is 0.233 e. The summed E-state index contributed by atoms with van der Waals surface area (Å²) in [5, 5.41) is 9.76. The molecule has 0 aliphatic carbocycles. The van der Waals surface area contributed by atoms with Gasteiger partial charge < -0.3 is 10.6 Å². The topological polar surface area (TPSA) is 59.0 Å². The largest absolute Gasteiger partial charge is 0.355 e. The van der Waals surface area contributed by atoms with Crippen LogP contribution in [0.3, 0.4) is 0 Å². The van der Waals surface area contributed by atoms with Crippen molar-refractivity contribution >= 4 is 12.1 Å². The molecule has 15 heavy (non-hydrogen) atoms. The summed E-state index contributed by atoms with van der Waals surface area (Å²) in [7, 11) is 0. The van der Waals surface area contributed by atoms with Crippen molar-refractivity contribution in [2.45, 2.75) is 13.5 Å². The predicted molar refractivity (Wildman–Crippen MR) is 59.0 cm³/mol. The van der Waals surface area contributed by atoms with Gasteiger partial charge in [0.1, 0.15) is 0 Å². The SMILES string of the molecule is C=Cn1cc(CNCC(=O)NCC)cn1. The van der Waals surface area contributed by atoms with Crippen molar-refractivity contribution in [2.24, 2.45) is 0 Å². The van der Waals surface area contributed by atoms with E-state index in [1.165, 1.54) is 0 Å². The van der Waals surface area contributed by atoms with Crippen molar-refractivity contribution in [3.63, 3.8) is 0 Å². The Bertz CT molecular complexity index is 332. The van der Waals surface area contributed by atoms with Crippen LogP contribution in [0.25, 0.3) is 6.20 Å². The average Bonchev–Trinajstić information content (AvgIpc) is 2.66. The third kappa shape index (κ3) is 3.95. The molecule has 0 unspecified atom stereocenters. The van der Waals surface area contributed by atoms with Gasteiger partial charge in [-0.25, -0.2) is 4.68 Å². The molecule has 0 aromatic carbocycles. The first kappa shape index (κ1) is 11.5. The molecule has 0 aliphatic heterocycles. The van der Waals surface area contributed by atoms with Crippen LogP contribution in [-0.2, 0) is 11.3 Å². The molecule has 0 saturated carbocycles. The van der Waals surface area contributed by atoms with Crippen LogP contribution in [-0.4, -0.2) is 28.8 Å². The summed E-state index contributed by atoms with van der Waals surface area (Å²) in [6.45, 7) is 7.11. The fourth-order valence-corrected chi connectivity index (χ4v) is 1.15. The van der Waals surface area contributed by atoms with Gasteiger partial charge in [0.25, 0.3) is 0 Å². The van der Waals surface area contributed by atoms with Crippen LogP contribution in [0.2, 0.25) is 0 Å². The number of nitrogens with one attached hydrogen (secondary N) is 2. The minimum atomic E-state index is 0.00797. The van der Waals surface area contributed by atoms with Crippen molar-refractivity contribution in [1.29, 1.82) is 0 Å². The maximum atomic E-state index is 11.1. The highest BCUT2D eigenvalue weighted by Crippen LogP contribution is 1.96. The van der Waals surface area contributed by atoms with Crippen LogP contribution in [0.4, 0.5) is 0 Å². The molecule has 0 bridgehead atoms. The molecule has 0 aliphatic rings. The van der Waals surface area contributed by atoms with E-state index in [1.807, 2.05) is 13.1 Å². The van der Waals surface area contributed by atoms with Gasteiger partial charge in [-0.3, -0.25) is 4.79 Å². The van der Waals surface area contributed by atoms with Gasteiger partial charge >= 0.3 is 0 Å². The number of amides is 1. The number of carbonyl (C=O) groups excluding carboxylic acids is 1. The van der Waals surface area contributed by atoms with Gasteiger partial charge in [-0.2, -0.15) is 5.10 Å². The Kier molecular flexibility index (Phi) is 4.56. The lowest BCUT2D eigenvalue weighted by Gasteiger charge is -2.02. The number of nitrogens with zero attached hydrogens (tertiary/aromatic N) is 2. The summed E-state index contributed by atoms with van der Waals surface area (Å²) in [6.07, 6.45) is 5.22. The van der Waals surface area contributed by atoms with Crippen LogP contribution in [0.15, 0.2) is 19.0 Å². The zero-order chi connectivity index (χ0) is 11.1. The maximum Gasteiger partial charge on any atom is 0.233 e.